The predicted molar refractivity (Wildman–Crippen MR) is 68.9 cm³/mol. The van der Waals surface area contributed by atoms with Crippen LogP contribution in [0.25, 0.3) is 0 Å². The molecule has 1 amide bonds. The van der Waals surface area contributed by atoms with Crippen LogP contribution in [0.2, 0.25) is 0 Å². The standard InChI is InChI=1S/C13H16N2O4/c1-19-11(7-14)12(16)15-9-5-3-2-4-8(9)6-10(15)13(17)18/h2-5,10-11H,6-7,14H2,1H3,(H,17,18). The van der Waals surface area contributed by atoms with Gasteiger partial charge in [0.25, 0.3) is 5.91 Å². The fourth-order valence-electron chi connectivity index (χ4n) is 2.31. The van der Waals surface area contributed by atoms with Crippen LogP contribution >= 0.6 is 0 Å². The van der Waals surface area contributed by atoms with Gasteiger partial charge in [-0.05, 0) is 11.6 Å². The Bertz CT molecular complexity index is 499. The number of hydrogen-bond donors (Lipinski definition) is 2. The van der Waals surface area contributed by atoms with Crippen molar-refractivity contribution in [3.63, 3.8) is 0 Å². The highest BCUT2D eigenvalue weighted by atomic mass is 16.5. The van der Waals surface area contributed by atoms with Gasteiger partial charge in [0.05, 0.1) is 0 Å². The average Bonchev–Trinajstić information content (AvgIpc) is 2.79. The minimum Gasteiger partial charge on any atom is -0.480 e. The summed E-state index contributed by atoms with van der Waals surface area (Å²) in [5, 5.41) is 9.27. The summed E-state index contributed by atoms with van der Waals surface area (Å²) in [4.78, 5) is 24.9. The molecule has 0 saturated carbocycles. The van der Waals surface area contributed by atoms with Gasteiger partial charge < -0.3 is 15.6 Å². The lowest BCUT2D eigenvalue weighted by atomic mass is 10.1. The predicted octanol–water partition coefficient (Wildman–Crippen LogP) is 0.00260. The van der Waals surface area contributed by atoms with Crippen LogP contribution in [-0.2, 0) is 20.7 Å². The Morgan fingerprint density at radius 3 is 2.79 bits per heavy atom. The third kappa shape index (κ3) is 2.32. The van der Waals surface area contributed by atoms with Crippen molar-refractivity contribution < 1.29 is 19.4 Å². The van der Waals surface area contributed by atoms with Crippen LogP contribution in [0.5, 0.6) is 0 Å². The molecule has 1 aromatic carbocycles. The SMILES string of the molecule is COC(CN)C(=O)N1c2ccccc2CC1C(=O)O. The van der Waals surface area contributed by atoms with Gasteiger partial charge in [0.15, 0.2) is 0 Å². The first-order chi connectivity index (χ1) is 9.10. The number of carbonyl (C=O) groups excluding carboxylic acids is 1. The summed E-state index contributed by atoms with van der Waals surface area (Å²) in [5.74, 6) is -1.45. The number of methoxy groups -OCH3 is 1. The number of fused-ring (bicyclic) bond motifs is 1. The molecule has 2 unspecified atom stereocenters. The summed E-state index contributed by atoms with van der Waals surface area (Å²) in [7, 11) is 1.38. The van der Waals surface area contributed by atoms with E-state index in [1.165, 1.54) is 12.0 Å². The summed E-state index contributed by atoms with van der Waals surface area (Å²) in [6.07, 6.45) is -0.522. The molecule has 6 nitrogen and oxygen atoms in total. The van der Waals surface area contributed by atoms with Crippen LogP contribution in [0, 0.1) is 0 Å². The van der Waals surface area contributed by atoms with Gasteiger partial charge in [-0.1, -0.05) is 18.2 Å². The van der Waals surface area contributed by atoms with Crippen molar-refractivity contribution in [2.75, 3.05) is 18.6 Å². The second-order valence-electron chi connectivity index (χ2n) is 4.36. The molecule has 1 aliphatic heterocycles. The number of carbonyl (C=O) groups is 2. The first-order valence-corrected chi connectivity index (χ1v) is 5.96. The Morgan fingerprint density at radius 2 is 2.21 bits per heavy atom. The molecule has 1 heterocycles. The fourth-order valence-corrected chi connectivity index (χ4v) is 2.31. The minimum absolute atomic E-state index is 0.0142. The first-order valence-electron chi connectivity index (χ1n) is 5.96. The Labute approximate surface area is 110 Å². The van der Waals surface area contributed by atoms with Gasteiger partial charge in [-0.2, -0.15) is 0 Å². The Kier molecular flexibility index (Phi) is 3.82. The second kappa shape index (κ2) is 5.38. The molecule has 1 aromatic rings. The fraction of sp³-hybridized carbons (Fsp3) is 0.385. The maximum absolute atomic E-state index is 12.3. The first kappa shape index (κ1) is 13.5. The third-order valence-electron chi connectivity index (χ3n) is 3.27. The van der Waals surface area contributed by atoms with E-state index < -0.39 is 24.0 Å². The number of carboxylic acid groups (broad SMARTS) is 1. The van der Waals surface area contributed by atoms with E-state index in [1.54, 1.807) is 12.1 Å². The summed E-state index contributed by atoms with van der Waals surface area (Å²) in [6.45, 7) is 0.0142. The number of nitrogens with two attached hydrogens (primary N) is 1. The largest absolute Gasteiger partial charge is 0.480 e. The van der Waals surface area contributed by atoms with Gasteiger partial charge in [0.2, 0.25) is 0 Å². The van der Waals surface area contributed by atoms with Gasteiger partial charge in [-0.3, -0.25) is 9.69 Å². The lowest BCUT2D eigenvalue weighted by Crippen LogP contribution is -2.50. The summed E-state index contributed by atoms with van der Waals surface area (Å²) in [6, 6.07) is 6.26. The maximum Gasteiger partial charge on any atom is 0.327 e. The van der Waals surface area contributed by atoms with E-state index >= 15 is 0 Å². The van der Waals surface area contributed by atoms with Crippen molar-refractivity contribution in [2.24, 2.45) is 5.73 Å². The number of carboxylic acids is 1. The van der Waals surface area contributed by atoms with Crippen molar-refractivity contribution in [1.82, 2.24) is 0 Å². The smallest absolute Gasteiger partial charge is 0.327 e. The lowest BCUT2D eigenvalue weighted by Gasteiger charge is -2.26. The summed E-state index contributed by atoms with van der Waals surface area (Å²) < 4.78 is 5.01. The molecule has 0 aromatic heterocycles. The molecule has 1 aliphatic rings. The molecule has 0 radical (unpaired) electrons. The number of rotatable bonds is 4. The van der Waals surface area contributed by atoms with E-state index in [-0.39, 0.29) is 6.54 Å². The highest BCUT2D eigenvalue weighted by Gasteiger charge is 2.40. The molecular weight excluding hydrogens is 248 g/mol. The minimum atomic E-state index is -1.03. The van der Waals surface area contributed by atoms with Crippen LogP contribution in [-0.4, -0.2) is 42.8 Å². The maximum atomic E-state index is 12.3. The van der Waals surface area contributed by atoms with Crippen LogP contribution in [0.15, 0.2) is 24.3 Å². The Hall–Kier alpha value is -1.92. The zero-order valence-electron chi connectivity index (χ0n) is 10.6. The molecule has 3 N–H and O–H groups in total. The van der Waals surface area contributed by atoms with Crippen molar-refractivity contribution in [3.8, 4) is 0 Å². The molecule has 0 bridgehead atoms. The third-order valence-corrected chi connectivity index (χ3v) is 3.27. The molecule has 0 aliphatic carbocycles. The normalized spacial score (nSPS) is 19.1. The van der Waals surface area contributed by atoms with E-state index in [1.807, 2.05) is 12.1 Å². The quantitative estimate of drug-likeness (QED) is 0.798. The number of nitrogens with zero attached hydrogens (tertiary/aromatic N) is 1. The average molecular weight is 264 g/mol. The summed E-state index contributed by atoms with van der Waals surface area (Å²) >= 11 is 0. The Morgan fingerprint density at radius 1 is 1.53 bits per heavy atom. The molecule has 6 heteroatoms. The zero-order chi connectivity index (χ0) is 14.0. The monoisotopic (exact) mass is 264 g/mol. The van der Waals surface area contributed by atoms with Gasteiger partial charge in [-0.15, -0.1) is 0 Å². The molecule has 2 atom stereocenters. The van der Waals surface area contributed by atoms with Crippen molar-refractivity contribution in [3.05, 3.63) is 29.8 Å². The summed E-state index contributed by atoms with van der Waals surface area (Å²) in [5.41, 5.74) is 6.94. The number of amides is 1. The molecule has 102 valence electrons. The highest BCUT2D eigenvalue weighted by Crippen LogP contribution is 2.32. The molecule has 2 rings (SSSR count). The number of hydrogen-bond acceptors (Lipinski definition) is 4. The van der Waals surface area contributed by atoms with Crippen molar-refractivity contribution in [2.45, 2.75) is 18.6 Å². The van der Waals surface area contributed by atoms with E-state index in [9.17, 15) is 14.7 Å². The Balaban J connectivity index is 2.39. The molecule has 0 spiro atoms. The zero-order valence-corrected chi connectivity index (χ0v) is 10.6. The molecule has 0 saturated heterocycles. The molecular formula is C13H16N2O4. The van der Waals surface area contributed by atoms with Crippen molar-refractivity contribution in [1.29, 1.82) is 0 Å². The van der Waals surface area contributed by atoms with E-state index in [0.717, 1.165) is 5.56 Å². The topological polar surface area (TPSA) is 92.9 Å². The molecule has 0 fully saturated rings. The van der Waals surface area contributed by atoms with Crippen LogP contribution in [0.1, 0.15) is 5.56 Å². The van der Waals surface area contributed by atoms with Crippen LogP contribution in [0.3, 0.4) is 0 Å². The van der Waals surface area contributed by atoms with Crippen LogP contribution < -0.4 is 10.6 Å². The van der Waals surface area contributed by atoms with Gasteiger partial charge in [0.1, 0.15) is 12.1 Å². The highest BCUT2D eigenvalue weighted by molar-refractivity contribution is 6.04. The number of aliphatic carboxylic acids is 1. The van der Waals surface area contributed by atoms with Gasteiger partial charge in [0, 0.05) is 25.8 Å². The number of para-hydroxylation sites is 1. The van der Waals surface area contributed by atoms with Gasteiger partial charge >= 0.3 is 5.97 Å². The number of benzene rings is 1. The van der Waals surface area contributed by atoms with Crippen LogP contribution in [0.4, 0.5) is 5.69 Å². The number of anilines is 1. The number of ether oxygens (including phenoxy) is 1. The van der Waals surface area contributed by atoms with E-state index in [4.69, 9.17) is 10.5 Å². The van der Waals surface area contributed by atoms with E-state index in [2.05, 4.69) is 0 Å². The molecule has 19 heavy (non-hydrogen) atoms. The van der Waals surface area contributed by atoms with Gasteiger partial charge in [-0.25, -0.2) is 4.79 Å². The lowest BCUT2D eigenvalue weighted by molar-refractivity contribution is -0.141. The van der Waals surface area contributed by atoms with Crippen molar-refractivity contribution >= 4 is 17.6 Å². The van der Waals surface area contributed by atoms with E-state index in [0.29, 0.717) is 12.1 Å². The second-order valence-corrected chi connectivity index (χ2v) is 4.36.